The number of hydrogen-bond acceptors (Lipinski definition) is 2. The zero-order valence-electron chi connectivity index (χ0n) is 8.69. The van der Waals surface area contributed by atoms with E-state index in [1.807, 2.05) is 6.07 Å². The van der Waals surface area contributed by atoms with Crippen molar-refractivity contribution < 1.29 is 15.0 Å². The van der Waals surface area contributed by atoms with Crippen LogP contribution >= 0.6 is 11.6 Å². The number of amides is 1. The molecule has 3 N–H and O–H groups in total. The van der Waals surface area contributed by atoms with Gasteiger partial charge in [0, 0.05) is 5.88 Å². The van der Waals surface area contributed by atoms with Crippen molar-refractivity contribution in [3.63, 3.8) is 0 Å². The van der Waals surface area contributed by atoms with Crippen LogP contribution in [0.5, 0.6) is 0 Å². The maximum absolute atomic E-state index is 10.4. The maximum atomic E-state index is 10.4. The molecule has 0 saturated heterocycles. The molecule has 0 fully saturated rings. The minimum Gasteiger partial charge on any atom is -0.465 e. The lowest BCUT2D eigenvalue weighted by Crippen LogP contribution is -2.40. The van der Waals surface area contributed by atoms with Crippen molar-refractivity contribution in [2.45, 2.75) is 12.0 Å². The number of nitrogens with one attached hydrogen (secondary N) is 1. The molecule has 1 aromatic rings. The molecule has 1 atom stereocenters. The van der Waals surface area contributed by atoms with Crippen molar-refractivity contribution in [3.05, 3.63) is 35.9 Å². The summed E-state index contributed by atoms with van der Waals surface area (Å²) in [7, 11) is 0. The van der Waals surface area contributed by atoms with E-state index in [2.05, 4.69) is 5.32 Å². The summed E-state index contributed by atoms with van der Waals surface area (Å²) < 4.78 is 0. The molecule has 1 unspecified atom stereocenters. The molecular weight excluding hydrogens is 230 g/mol. The average molecular weight is 244 g/mol. The summed E-state index contributed by atoms with van der Waals surface area (Å²) in [6.07, 6.45) is -0.873. The van der Waals surface area contributed by atoms with Crippen LogP contribution in [0, 0.1) is 0 Å². The Balaban J connectivity index is 2.83. The molecule has 0 aromatic heterocycles. The molecule has 0 saturated carbocycles. The largest absolute Gasteiger partial charge is 0.465 e. The van der Waals surface area contributed by atoms with Crippen molar-refractivity contribution in [2.24, 2.45) is 0 Å². The number of halogens is 1. The van der Waals surface area contributed by atoms with Crippen LogP contribution < -0.4 is 5.32 Å². The Labute approximate surface area is 98.9 Å². The summed E-state index contributed by atoms with van der Waals surface area (Å²) in [5.41, 5.74) is -0.592. The number of alkyl halides is 1. The van der Waals surface area contributed by atoms with Gasteiger partial charge in [-0.05, 0) is 12.0 Å². The van der Waals surface area contributed by atoms with Gasteiger partial charge < -0.3 is 15.5 Å². The van der Waals surface area contributed by atoms with Crippen LogP contribution in [0.25, 0.3) is 0 Å². The van der Waals surface area contributed by atoms with Crippen LogP contribution in [0.4, 0.5) is 4.79 Å². The lowest BCUT2D eigenvalue weighted by Gasteiger charge is -2.27. The Kier molecular flexibility index (Phi) is 4.58. The molecule has 0 spiro atoms. The van der Waals surface area contributed by atoms with Crippen molar-refractivity contribution in [1.82, 2.24) is 5.32 Å². The molecular formula is C11H14ClNO3. The quantitative estimate of drug-likeness (QED) is 0.691. The van der Waals surface area contributed by atoms with E-state index in [4.69, 9.17) is 16.7 Å². The summed E-state index contributed by atoms with van der Waals surface area (Å²) in [6.45, 7) is -0.0704. The highest BCUT2D eigenvalue weighted by Crippen LogP contribution is 2.24. The number of carbonyl (C=O) groups is 1. The third-order valence-corrected chi connectivity index (χ3v) is 2.54. The number of aliphatic hydroxyl groups is 1. The van der Waals surface area contributed by atoms with E-state index in [0.29, 0.717) is 12.0 Å². The van der Waals surface area contributed by atoms with E-state index in [0.717, 1.165) is 0 Å². The number of benzene rings is 1. The minimum absolute atomic E-state index is 0.0704. The number of rotatable bonds is 5. The molecule has 0 heterocycles. The number of carboxylic acid groups (broad SMARTS) is 1. The second-order valence-electron chi connectivity index (χ2n) is 3.50. The molecule has 5 heteroatoms. The summed E-state index contributed by atoms with van der Waals surface area (Å²) >= 11 is 5.62. The predicted octanol–water partition coefficient (Wildman–Crippen LogP) is 1.77. The Morgan fingerprint density at radius 1 is 1.38 bits per heavy atom. The first-order valence-corrected chi connectivity index (χ1v) is 5.42. The molecule has 0 aliphatic rings. The van der Waals surface area contributed by atoms with Crippen molar-refractivity contribution in [3.8, 4) is 0 Å². The smallest absolute Gasteiger partial charge is 0.404 e. The van der Waals surface area contributed by atoms with Crippen LogP contribution in [-0.4, -0.2) is 28.7 Å². The van der Waals surface area contributed by atoms with Gasteiger partial charge in [0.05, 0.1) is 6.54 Å². The monoisotopic (exact) mass is 243 g/mol. The van der Waals surface area contributed by atoms with Gasteiger partial charge in [-0.2, -0.15) is 0 Å². The van der Waals surface area contributed by atoms with Crippen molar-refractivity contribution in [2.75, 3.05) is 12.4 Å². The first-order valence-electron chi connectivity index (χ1n) is 4.89. The molecule has 1 amide bonds. The third kappa shape index (κ3) is 3.40. The average Bonchev–Trinajstić information content (AvgIpc) is 2.28. The Morgan fingerprint density at radius 2 is 2.00 bits per heavy atom. The van der Waals surface area contributed by atoms with E-state index in [9.17, 15) is 9.90 Å². The fourth-order valence-electron chi connectivity index (χ4n) is 1.46. The Bertz CT molecular complexity index is 344. The minimum atomic E-state index is -1.25. The van der Waals surface area contributed by atoms with E-state index >= 15 is 0 Å². The molecule has 0 aliphatic carbocycles. The number of hydrogen-bond donors (Lipinski definition) is 3. The van der Waals surface area contributed by atoms with Gasteiger partial charge in [-0.3, -0.25) is 0 Å². The highest BCUT2D eigenvalue weighted by molar-refractivity contribution is 6.17. The lowest BCUT2D eigenvalue weighted by molar-refractivity contribution is 0.0339. The Morgan fingerprint density at radius 3 is 2.50 bits per heavy atom. The second kappa shape index (κ2) is 5.72. The fourth-order valence-corrected chi connectivity index (χ4v) is 1.77. The van der Waals surface area contributed by atoms with Crippen LogP contribution in [0.3, 0.4) is 0 Å². The van der Waals surface area contributed by atoms with Gasteiger partial charge in [0.25, 0.3) is 0 Å². The molecule has 0 bridgehead atoms. The first-order chi connectivity index (χ1) is 7.58. The van der Waals surface area contributed by atoms with E-state index in [1.54, 1.807) is 24.3 Å². The van der Waals surface area contributed by atoms with Gasteiger partial charge >= 0.3 is 6.09 Å². The molecule has 4 nitrogen and oxygen atoms in total. The van der Waals surface area contributed by atoms with E-state index in [1.165, 1.54) is 0 Å². The normalized spacial score (nSPS) is 14.1. The van der Waals surface area contributed by atoms with Gasteiger partial charge in [-0.15, -0.1) is 11.6 Å². The van der Waals surface area contributed by atoms with Crippen LogP contribution in [0.1, 0.15) is 12.0 Å². The topological polar surface area (TPSA) is 69.6 Å². The lowest BCUT2D eigenvalue weighted by atomic mass is 9.91. The summed E-state index contributed by atoms with van der Waals surface area (Å²) in [6, 6.07) is 8.89. The molecule has 16 heavy (non-hydrogen) atoms. The molecule has 0 aliphatic heterocycles. The van der Waals surface area contributed by atoms with E-state index < -0.39 is 11.7 Å². The summed E-state index contributed by atoms with van der Waals surface area (Å²) in [5.74, 6) is 0.257. The van der Waals surface area contributed by atoms with Crippen molar-refractivity contribution in [1.29, 1.82) is 0 Å². The highest BCUT2D eigenvalue weighted by atomic mass is 35.5. The van der Waals surface area contributed by atoms with Crippen LogP contribution in [0.15, 0.2) is 30.3 Å². The van der Waals surface area contributed by atoms with Crippen molar-refractivity contribution >= 4 is 17.7 Å². The standard InChI is InChI=1S/C11H14ClNO3/c12-7-6-11(16,8-13-10(14)15)9-4-2-1-3-5-9/h1-5,13,16H,6-8H2,(H,14,15). The van der Waals surface area contributed by atoms with E-state index in [-0.39, 0.29) is 12.4 Å². The summed E-state index contributed by atoms with van der Waals surface area (Å²) in [4.78, 5) is 10.4. The fraction of sp³-hybridized carbons (Fsp3) is 0.364. The predicted molar refractivity (Wildman–Crippen MR) is 61.7 cm³/mol. The third-order valence-electron chi connectivity index (χ3n) is 2.35. The van der Waals surface area contributed by atoms with Gasteiger partial charge in [0.15, 0.2) is 0 Å². The van der Waals surface area contributed by atoms with Gasteiger partial charge in [-0.25, -0.2) is 4.79 Å². The Hall–Kier alpha value is -1.26. The maximum Gasteiger partial charge on any atom is 0.404 e. The highest BCUT2D eigenvalue weighted by Gasteiger charge is 2.28. The molecule has 1 rings (SSSR count). The molecule has 0 radical (unpaired) electrons. The van der Waals surface area contributed by atoms with Gasteiger partial charge in [-0.1, -0.05) is 30.3 Å². The van der Waals surface area contributed by atoms with Crippen LogP contribution in [0.2, 0.25) is 0 Å². The zero-order valence-corrected chi connectivity index (χ0v) is 9.44. The SMILES string of the molecule is O=C(O)NCC(O)(CCCl)c1ccccc1. The molecule has 1 aromatic carbocycles. The van der Waals surface area contributed by atoms with Gasteiger partial charge in [0.2, 0.25) is 0 Å². The summed E-state index contributed by atoms with van der Waals surface area (Å²) in [5, 5.41) is 21.0. The molecule has 88 valence electrons. The zero-order chi connectivity index (χ0) is 12.0. The van der Waals surface area contributed by atoms with Gasteiger partial charge in [0.1, 0.15) is 5.60 Å². The second-order valence-corrected chi connectivity index (χ2v) is 3.87. The first kappa shape index (κ1) is 12.8. The van der Waals surface area contributed by atoms with Crippen LogP contribution in [-0.2, 0) is 5.60 Å².